The van der Waals surface area contributed by atoms with E-state index in [0.29, 0.717) is 0 Å². The molecule has 2 atom stereocenters. The van der Waals surface area contributed by atoms with E-state index >= 15 is 0 Å². The van der Waals surface area contributed by atoms with Crippen molar-refractivity contribution >= 4 is 18.0 Å². The molecule has 0 aliphatic heterocycles. The number of benzene rings is 2. The molecule has 0 aromatic heterocycles. The van der Waals surface area contributed by atoms with Gasteiger partial charge in [-0.25, -0.2) is 13.6 Å². The van der Waals surface area contributed by atoms with Gasteiger partial charge in [-0.3, -0.25) is 9.59 Å². The molecule has 2 aromatic rings. The molecular weight excluding hydrogens is 422 g/mol. The van der Waals surface area contributed by atoms with E-state index in [1.807, 2.05) is 48.5 Å². The number of hydrogen-bond acceptors (Lipinski definition) is 4. The summed E-state index contributed by atoms with van der Waals surface area (Å²) in [4.78, 5) is 34.5. The summed E-state index contributed by atoms with van der Waals surface area (Å²) in [5, 5.41) is 13.1. The van der Waals surface area contributed by atoms with E-state index in [-0.39, 0.29) is 25.5 Å². The van der Waals surface area contributed by atoms with Crippen LogP contribution in [0.5, 0.6) is 0 Å². The molecule has 0 spiro atoms. The molecule has 0 bridgehead atoms. The Morgan fingerprint density at radius 1 is 0.969 bits per heavy atom. The van der Waals surface area contributed by atoms with Crippen LogP contribution in [0.15, 0.2) is 48.5 Å². The first-order chi connectivity index (χ1) is 15.3. The molecule has 4 rings (SSSR count). The third-order valence-corrected chi connectivity index (χ3v) is 5.93. The van der Waals surface area contributed by atoms with Gasteiger partial charge in [-0.1, -0.05) is 48.5 Å². The Kier molecular flexibility index (Phi) is 5.82. The zero-order valence-corrected chi connectivity index (χ0v) is 17.0. The highest BCUT2D eigenvalue weighted by Gasteiger charge is 2.71. The molecule has 0 saturated heterocycles. The number of alkyl halides is 2. The molecule has 9 heteroatoms. The molecule has 2 aromatic carbocycles. The number of carboxylic acid groups (broad SMARTS) is 1. The van der Waals surface area contributed by atoms with Crippen LogP contribution in [-0.4, -0.2) is 48.7 Å². The lowest BCUT2D eigenvalue weighted by Gasteiger charge is -2.14. The summed E-state index contributed by atoms with van der Waals surface area (Å²) in [6.45, 7) is -0.589. The topological polar surface area (TPSA) is 105 Å². The minimum atomic E-state index is -3.26. The van der Waals surface area contributed by atoms with E-state index in [1.165, 1.54) is 0 Å². The molecule has 1 fully saturated rings. The molecule has 1 saturated carbocycles. The zero-order chi connectivity index (χ0) is 22.9. The predicted octanol–water partition coefficient (Wildman–Crippen LogP) is 3.00. The summed E-state index contributed by atoms with van der Waals surface area (Å²) in [5.41, 5.74) is 4.22. The maximum absolute atomic E-state index is 13.9. The van der Waals surface area contributed by atoms with Gasteiger partial charge in [0.15, 0.2) is 0 Å². The summed E-state index contributed by atoms with van der Waals surface area (Å²) < 4.78 is 33.2. The van der Waals surface area contributed by atoms with Crippen molar-refractivity contribution in [1.82, 2.24) is 10.6 Å². The summed E-state index contributed by atoms with van der Waals surface area (Å²) in [6.07, 6.45) is -1.19. The molecular formula is C23H22F2N2O5. The van der Waals surface area contributed by atoms with Crippen LogP contribution in [0.4, 0.5) is 13.6 Å². The van der Waals surface area contributed by atoms with Gasteiger partial charge in [-0.05, 0) is 22.3 Å². The third-order valence-electron chi connectivity index (χ3n) is 5.93. The zero-order valence-electron chi connectivity index (χ0n) is 17.0. The van der Waals surface area contributed by atoms with Gasteiger partial charge in [0, 0.05) is 19.0 Å². The average Bonchev–Trinajstić information content (AvgIpc) is 3.17. The van der Waals surface area contributed by atoms with Gasteiger partial charge >= 0.3 is 12.1 Å². The van der Waals surface area contributed by atoms with Crippen molar-refractivity contribution in [3.8, 4) is 11.1 Å². The lowest BCUT2D eigenvalue weighted by atomic mass is 9.98. The molecule has 0 unspecified atom stereocenters. The third kappa shape index (κ3) is 4.15. The number of hydrogen-bond donors (Lipinski definition) is 3. The number of carboxylic acids is 1. The summed E-state index contributed by atoms with van der Waals surface area (Å²) in [5.74, 6) is -8.41. The molecule has 32 heavy (non-hydrogen) atoms. The second-order valence-corrected chi connectivity index (χ2v) is 7.90. The number of ether oxygens (including phenoxy) is 1. The minimum Gasteiger partial charge on any atom is -0.481 e. The van der Waals surface area contributed by atoms with E-state index in [9.17, 15) is 23.2 Å². The van der Waals surface area contributed by atoms with Crippen LogP contribution in [0.3, 0.4) is 0 Å². The fourth-order valence-electron chi connectivity index (χ4n) is 4.25. The molecule has 2 aliphatic carbocycles. The van der Waals surface area contributed by atoms with Crippen molar-refractivity contribution in [2.24, 2.45) is 11.8 Å². The lowest BCUT2D eigenvalue weighted by Crippen LogP contribution is -2.31. The number of carbonyl (C=O) groups is 3. The molecule has 2 amide bonds. The standard InChI is InChI=1S/C23H22F2N2O5/c24-23(25)18(20(23)21(30)26-10-9-19(28)29)11-27-22(31)32-12-17-15-7-3-1-5-13(15)14-6-2-4-8-16(14)17/h1-8,17-18,20H,9-12H2,(H,26,30)(H,27,31)(H,28,29)/t18-,20-/m0/s1. The smallest absolute Gasteiger partial charge is 0.407 e. The van der Waals surface area contributed by atoms with E-state index in [2.05, 4.69) is 10.6 Å². The number of alkyl carbamates (subject to hydrolysis) is 1. The highest BCUT2D eigenvalue weighted by molar-refractivity contribution is 5.84. The maximum atomic E-state index is 13.9. The quantitative estimate of drug-likeness (QED) is 0.581. The maximum Gasteiger partial charge on any atom is 0.407 e. The number of halogens is 2. The number of aliphatic carboxylic acids is 1. The number of amides is 2. The molecule has 7 nitrogen and oxygen atoms in total. The summed E-state index contributed by atoms with van der Waals surface area (Å²) in [7, 11) is 0. The fourth-order valence-corrected chi connectivity index (χ4v) is 4.25. The van der Waals surface area contributed by atoms with E-state index < -0.39 is 42.3 Å². The van der Waals surface area contributed by atoms with Crippen molar-refractivity contribution < 1.29 is 33.0 Å². The molecule has 2 aliphatic rings. The second kappa shape index (κ2) is 8.57. The Bertz CT molecular complexity index is 1010. The Hall–Kier alpha value is -3.49. The summed E-state index contributed by atoms with van der Waals surface area (Å²) >= 11 is 0. The molecule has 168 valence electrons. The highest BCUT2D eigenvalue weighted by atomic mass is 19.3. The number of carbonyl (C=O) groups excluding carboxylic acids is 2. The van der Waals surface area contributed by atoms with Gasteiger partial charge in [0.1, 0.15) is 12.5 Å². The monoisotopic (exact) mass is 444 g/mol. The summed E-state index contributed by atoms with van der Waals surface area (Å²) in [6, 6.07) is 15.7. The fraction of sp³-hybridized carbons (Fsp3) is 0.348. The van der Waals surface area contributed by atoms with Gasteiger partial charge < -0.3 is 20.5 Å². The van der Waals surface area contributed by atoms with Crippen LogP contribution in [0.1, 0.15) is 23.5 Å². The Labute approximate surface area is 182 Å². The SMILES string of the molecule is O=C(O)CCNC(=O)[C@@H]1[C@H](CNC(=O)OCC2c3ccccc3-c3ccccc32)C1(F)F. The lowest BCUT2D eigenvalue weighted by molar-refractivity contribution is -0.137. The van der Waals surface area contributed by atoms with Gasteiger partial charge in [0.25, 0.3) is 5.92 Å². The van der Waals surface area contributed by atoms with Crippen LogP contribution < -0.4 is 10.6 Å². The number of fused-ring (bicyclic) bond motifs is 3. The van der Waals surface area contributed by atoms with Crippen LogP contribution in [0.25, 0.3) is 11.1 Å². The highest BCUT2D eigenvalue weighted by Crippen LogP contribution is 2.55. The Balaban J connectivity index is 1.29. The van der Waals surface area contributed by atoms with Crippen LogP contribution in [0.2, 0.25) is 0 Å². The van der Waals surface area contributed by atoms with Crippen molar-refractivity contribution in [1.29, 1.82) is 0 Å². The van der Waals surface area contributed by atoms with Crippen molar-refractivity contribution in [2.75, 3.05) is 19.7 Å². The normalized spacial score (nSPS) is 20.1. The van der Waals surface area contributed by atoms with Gasteiger partial charge in [0.2, 0.25) is 5.91 Å². The number of nitrogens with one attached hydrogen (secondary N) is 2. The van der Waals surface area contributed by atoms with Gasteiger partial charge in [-0.15, -0.1) is 0 Å². The van der Waals surface area contributed by atoms with Gasteiger partial charge in [0.05, 0.1) is 12.3 Å². The molecule has 0 radical (unpaired) electrons. The average molecular weight is 444 g/mol. The largest absolute Gasteiger partial charge is 0.481 e. The first-order valence-corrected chi connectivity index (χ1v) is 10.3. The predicted molar refractivity (Wildman–Crippen MR) is 110 cm³/mol. The van der Waals surface area contributed by atoms with Crippen LogP contribution >= 0.6 is 0 Å². The van der Waals surface area contributed by atoms with Crippen molar-refractivity contribution in [2.45, 2.75) is 18.3 Å². The molecule has 0 heterocycles. The van der Waals surface area contributed by atoms with Crippen molar-refractivity contribution in [3.63, 3.8) is 0 Å². The minimum absolute atomic E-state index is 0.0556. The van der Waals surface area contributed by atoms with Crippen molar-refractivity contribution in [3.05, 3.63) is 59.7 Å². The van der Waals surface area contributed by atoms with E-state index in [1.54, 1.807) is 0 Å². The van der Waals surface area contributed by atoms with Crippen LogP contribution in [0, 0.1) is 11.8 Å². The number of rotatable bonds is 8. The Morgan fingerprint density at radius 2 is 1.56 bits per heavy atom. The Morgan fingerprint density at radius 3 is 2.16 bits per heavy atom. The molecule has 3 N–H and O–H groups in total. The first-order valence-electron chi connectivity index (χ1n) is 10.3. The van der Waals surface area contributed by atoms with E-state index in [4.69, 9.17) is 9.84 Å². The van der Waals surface area contributed by atoms with E-state index in [0.717, 1.165) is 22.3 Å². The van der Waals surface area contributed by atoms with Crippen LogP contribution in [-0.2, 0) is 14.3 Å². The second-order valence-electron chi connectivity index (χ2n) is 7.90. The first kappa shape index (κ1) is 21.7. The van der Waals surface area contributed by atoms with Gasteiger partial charge in [-0.2, -0.15) is 0 Å².